The standard InChI is InChI=1S/C18H22O6/c1-21-6-7-22-8-9-23-13-3-5-14-15-4-2-12(19)10-17(15)24-18(20)16(14)11-13/h10-11,19H,2-9H2,1H3. The number of fused-ring (bicyclic) bond motifs is 3. The zero-order chi connectivity index (χ0) is 16.9. The van der Waals surface area contributed by atoms with Crippen molar-refractivity contribution in [2.24, 2.45) is 0 Å². The Morgan fingerprint density at radius 3 is 2.67 bits per heavy atom. The van der Waals surface area contributed by atoms with E-state index >= 15 is 0 Å². The van der Waals surface area contributed by atoms with E-state index in [0.717, 1.165) is 29.7 Å². The summed E-state index contributed by atoms with van der Waals surface area (Å²) < 4.78 is 21.3. The fourth-order valence-corrected chi connectivity index (χ4v) is 3.02. The first-order valence-corrected chi connectivity index (χ1v) is 8.17. The van der Waals surface area contributed by atoms with Crippen molar-refractivity contribution in [3.05, 3.63) is 44.4 Å². The molecule has 24 heavy (non-hydrogen) atoms. The molecule has 0 spiro atoms. The average Bonchev–Trinajstić information content (AvgIpc) is 2.58. The highest BCUT2D eigenvalue weighted by molar-refractivity contribution is 5.63. The fourth-order valence-electron chi connectivity index (χ4n) is 3.02. The van der Waals surface area contributed by atoms with Crippen LogP contribution in [0.2, 0.25) is 0 Å². The van der Waals surface area contributed by atoms with Crippen LogP contribution < -0.4 is 5.63 Å². The summed E-state index contributed by atoms with van der Waals surface area (Å²) in [6.45, 7) is 2.03. The Labute approximate surface area is 140 Å². The molecule has 0 aliphatic heterocycles. The lowest BCUT2D eigenvalue weighted by atomic mass is 9.88. The number of hydrogen-bond donors (Lipinski definition) is 1. The van der Waals surface area contributed by atoms with Gasteiger partial charge in [0.25, 0.3) is 0 Å². The first kappa shape index (κ1) is 16.8. The number of rotatable bonds is 7. The van der Waals surface area contributed by atoms with E-state index in [2.05, 4.69) is 0 Å². The van der Waals surface area contributed by atoms with Crippen LogP contribution >= 0.6 is 0 Å². The van der Waals surface area contributed by atoms with Crippen LogP contribution in [0.25, 0.3) is 12.2 Å². The zero-order valence-electron chi connectivity index (χ0n) is 13.8. The number of aliphatic hydroxyl groups excluding tert-OH is 1. The van der Waals surface area contributed by atoms with E-state index in [-0.39, 0.29) is 11.4 Å². The summed E-state index contributed by atoms with van der Waals surface area (Å²) in [6.07, 6.45) is 6.09. The minimum atomic E-state index is -0.383. The van der Waals surface area contributed by atoms with Gasteiger partial charge >= 0.3 is 5.63 Å². The van der Waals surface area contributed by atoms with Gasteiger partial charge in [-0.15, -0.1) is 0 Å². The number of allylic oxidation sites excluding steroid dienone is 2. The molecule has 0 bridgehead atoms. The first-order chi connectivity index (χ1) is 11.7. The van der Waals surface area contributed by atoms with Crippen molar-refractivity contribution in [2.75, 3.05) is 33.5 Å². The number of hydrogen-bond acceptors (Lipinski definition) is 6. The second-order valence-corrected chi connectivity index (χ2v) is 5.82. The molecular weight excluding hydrogens is 312 g/mol. The summed E-state index contributed by atoms with van der Waals surface area (Å²) in [5.74, 6) is 1.53. The van der Waals surface area contributed by atoms with Gasteiger partial charge in [0, 0.05) is 26.0 Å². The minimum absolute atomic E-state index is 0.259. The monoisotopic (exact) mass is 334 g/mol. The second-order valence-electron chi connectivity index (χ2n) is 5.82. The van der Waals surface area contributed by atoms with Gasteiger partial charge in [-0.25, -0.2) is 4.79 Å². The predicted octanol–water partition coefficient (Wildman–Crippen LogP) is 2.45. The molecule has 0 amide bonds. The molecule has 0 atom stereocenters. The molecule has 1 aromatic rings. The van der Waals surface area contributed by atoms with Gasteiger partial charge in [0.1, 0.15) is 12.4 Å². The molecule has 2 aliphatic rings. The predicted molar refractivity (Wildman–Crippen MR) is 88.8 cm³/mol. The highest BCUT2D eigenvalue weighted by Gasteiger charge is 2.24. The quantitative estimate of drug-likeness (QED) is 0.772. The molecular formula is C18H22O6. The normalized spacial score (nSPS) is 16.0. The van der Waals surface area contributed by atoms with E-state index in [9.17, 15) is 9.90 Å². The van der Waals surface area contributed by atoms with E-state index in [1.807, 2.05) is 0 Å². The number of methoxy groups -OCH3 is 1. The summed E-state index contributed by atoms with van der Waals surface area (Å²) in [5, 5.41) is 9.61. The maximum absolute atomic E-state index is 12.2. The lowest BCUT2D eigenvalue weighted by Crippen LogP contribution is -2.18. The van der Waals surface area contributed by atoms with Crippen LogP contribution in [0.1, 0.15) is 35.3 Å². The Bertz CT molecular complexity index is 713. The molecule has 0 saturated heterocycles. The third-order valence-electron chi connectivity index (χ3n) is 4.21. The molecule has 0 radical (unpaired) electrons. The van der Waals surface area contributed by atoms with Crippen LogP contribution in [0.4, 0.5) is 0 Å². The van der Waals surface area contributed by atoms with E-state index in [4.69, 9.17) is 18.6 Å². The fraction of sp³-hybridized carbons (Fsp3) is 0.500. The van der Waals surface area contributed by atoms with Crippen molar-refractivity contribution >= 4 is 12.2 Å². The molecule has 3 rings (SSSR count). The molecule has 0 saturated carbocycles. The molecule has 6 heteroatoms. The van der Waals surface area contributed by atoms with Gasteiger partial charge in [0.15, 0.2) is 0 Å². The van der Waals surface area contributed by atoms with Gasteiger partial charge in [0.2, 0.25) is 0 Å². The maximum atomic E-state index is 12.2. The van der Waals surface area contributed by atoms with Crippen LogP contribution in [0.5, 0.6) is 0 Å². The van der Waals surface area contributed by atoms with Gasteiger partial charge in [-0.1, -0.05) is 0 Å². The highest BCUT2D eigenvalue weighted by atomic mass is 16.5. The summed E-state index contributed by atoms with van der Waals surface area (Å²) in [5.41, 5.74) is 2.24. The van der Waals surface area contributed by atoms with Gasteiger partial charge in [-0.05, 0) is 30.0 Å². The van der Waals surface area contributed by atoms with Crippen LogP contribution in [-0.4, -0.2) is 38.6 Å². The van der Waals surface area contributed by atoms with Crippen molar-refractivity contribution in [1.82, 2.24) is 0 Å². The van der Waals surface area contributed by atoms with Crippen LogP contribution in [0, 0.1) is 0 Å². The lowest BCUT2D eigenvalue weighted by molar-refractivity contribution is 0.0407. The average molecular weight is 334 g/mol. The summed E-state index contributed by atoms with van der Waals surface area (Å²) >= 11 is 0. The molecule has 1 N–H and O–H groups in total. The lowest BCUT2D eigenvalue weighted by Gasteiger charge is -2.22. The molecule has 0 aromatic carbocycles. The molecule has 1 aromatic heterocycles. The largest absolute Gasteiger partial charge is 0.512 e. The Morgan fingerprint density at radius 1 is 1.04 bits per heavy atom. The summed E-state index contributed by atoms with van der Waals surface area (Å²) in [4.78, 5) is 12.2. The smallest absolute Gasteiger partial charge is 0.343 e. The third-order valence-corrected chi connectivity index (χ3v) is 4.21. The number of aliphatic hydroxyl groups is 1. The van der Waals surface area contributed by atoms with Crippen LogP contribution in [-0.2, 0) is 27.1 Å². The van der Waals surface area contributed by atoms with Gasteiger partial charge in [-0.3, -0.25) is 0 Å². The summed E-state index contributed by atoms with van der Waals surface area (Å²) in [7, 11) is 1.63. The van der Waals surface area contributed by atoms with Gasteiger partial charge in [-0.2, -0.15) is 0 Å². The first-order valence-electron chi connectivity index (χ1n) is 8.17. The topological polar surface area (TPSA) is 78.1 Å². The Balaban J connectivity index is 1.69. The van der Waals surface area contributed by atoms with Crippen molar-refractivity contribution in [3.8, 4) is 0 Å². The van der Waals surface area contributed by atoms with Crippen LogP contribution in [0.3, 0.4) is 0 Å². The highest BCUT2D eigenvalue weighted by Crippen LogP contribution is 2.31. The molecule has 0 fully saturated rings. The second kappa shape index (κ2) is 7.68. The Hall–Kier alpha value is -2.05. The third kappa shape index (κ3) is 3.71. The maximum Gasteiger partial charge on any atom is 0.343 e. The molecule has 2 aliphatic carbocycles. The molecule has 130 valence electrons. The van der Waals surface area contributed by atoms with E-state index in [0.29, 0.717) is 50.6 Å². The van der Waals surface area contributed by atoms with Crippen molar-refractivity contribution < 1.29 is 23.7 Å². The van der Waals surface area contributed by atoms with Crippen molar-refractivity contribution in [1.29, 1.82) is 0 Å². The minimum Gasteiger partial charge on any atom is -0.512 e. The zero-order valence-corrected chi connectivity index (χ0v) is 13.8. The number of ether oxygens (including phenoxy) is 3. The van der Waals surface area contributed by atoms with Gasteiger partial charge in [0.05, 0.1) is 36.9 Å². The summed E-state index contributed by atoms with van der Waals surface area (Å²) in [6, 6.07) is 0. The van der Waals surface area contributed by atoms with Crippen molar-refractivity contribution in [3.63, 3.8) is 0 Å². The SMILES string of the molecule is COCCOCCOC1=Cc2c(c3c(oc2=O)C=C(O)CC3)CC1. The van der Waals surface area contributed by atoms with E-state index in [1.165, 1.54) is 0 Å². The van der Waals surface area contributed by atoms with E-state index < -0.39 is 0 Å². The van der Waals surface area contributed by atoms with Gasteiger partial charge < -0.3 is 23.7 Å². The molecule has 1 heterocycles. The molecule has 0 unspecified atom stereocenters. The van der Waals surface area contributed by atoms with Crippen molar-refractivity contribution in [2.45, 2.75) is 25.7 Å². The van der Waals surface area contributed by atoms with E-state index in [1.54, 1.807) is 19.3 Å². The Kier molecular flexibility index (Phi) is 5.37. The molecule has 6 nitrogen and oxygen atoms in total. The Morgan fingerprint density at radius 2 is 1.83 bits per heavy atom. The van der Waals surface area contributed by atoms with Crippen LogP contribution in [0.15, 0.2) is 20.7 Å².